The Balaban J connectivity index is 1.30. The summed E-state index contributed by atoms with van der Waals surface area (Å²) in [7, 11) is 0. The summed E-state index contributed by atoms with van der Waals surface area (Å²) in [6.45, 7) is 1.24. The van der Waals surface area contributed by atoms with Crippen LogP contribution in [0.25, 0.3) is 11.5 Å². The molecule has 2 aromatic carbocycles. The molecule has 0 aliphatic carbocycles. The molecule has 0 bridgehead atoms. The number of amides is 1. The molecule has 0 saturated carbocycles. The molecule has 2 aliphatic heterocycles. The van der Waals surface area contributed by atoms with Crippen molar-refractivity contribution in [1.29, 1.82) is 0 Å². The summed E-state index contributed by atoms with van der Waals surface area (Å²) in [5.41, 5.74) is 1.10. The third-order valence-corrected chi connectivity index (χ3v) is 5.44. The van der Waals surface area contributed by atoms with Crippen LogP contribution in [0, 0.1) is 10.1 Å². The normalized spacial score (nSPS) is 17.5. The van der Waals surface area contributed by atoms with Crippen LogP contribution in [0.15, 0.2) is 46.9 Å². The van der Waals surface area contributed by atoms with Crippen LogP contribution >= 0.6 is 0 Å². The summed E-state index contributed by atoms with van der Waals surface area (Å²) in [6.07, 6.45) is 1.62. The van der Waals surface area contributed by atoms with Gasteiger partial charge in [-0.25, -0.2) is 0 Å². The third-order valence-electron chi connectivity index (χ3n) is 5.44. The number of piperidine rings is 1. The summed E-state index contributed by atoms with van der Waals surface area (Å²) in [5, 5.41) is 19.2. The maximum absolute atomic E-state index is 12.9. The minimum Gasteiger partial charge on any atom is -0.454 e. The average Bonchev–Trinajstić information content (AvgIpc) is 3.48. The predicted molar refractivity (Wildman–Crippen MR) is 107 cm³/mol. The Kier molecular flexibility index (Phi) is 4.73. The first-order valence-electron chi connectivity index (χ1n) is 9.85. The van der Waals surface area contributed by atoms with Crippen LogP contribution < -0.4 is 9.47 Å². The van der Waals surface area contributed by atoms with Gasteiger partial charge in [0.15, 0.2) is 11.5 Å². The summed E-state index contributed by atoms with van der Waals surface area (Å²) < 4.78 is 16.6. The van der Waals surface area contributed by atoms with E-state index in [9.17, 15) is 14.9 Å². The van der Waals surface area contributed by atoms with E-state index in [2.05, 4.69) is 10.2 Å². The third kappa shape index (κ3) is 3.67. The highest BCUT2D eigenvalue weighted by molar-refractivity contribution is 5.94. The number of rotatable bonds is 4. The first-order valence-corrected chi connectivity index (χ1v) is 9.85. The number of fused-ring (bicyclic) bond motifs is 1. The Morgan fingerprint density at radius 3 is 2.71 bits per heavy atom. The molecule has 0 radical (unpaired) electrons. The highest BCUT2D eigenvalue weighted by Crippen LogP contribution is 2.36. The summed E-state index contributed by atoms with van der Waals surface area (Å²) >= 11 is 0. The van der Waals surface area contributed by atoms with Crippen LogP contribution in [-0.2, 0) is 0 Å². The number of carbonyl (C=O) groups excluding carboxylic acids is 1. The first kappa shape index (κ1) is 19.0. The van der Waals surface area contributed by atoms with Crippen molar-refractivity contribution >= 4 is 11.6 Å². The van der Waals surface area contributed by atoms with Gasteiger partial charge < -0.3 is 18.8 Å². The number of nitrogens with zero attached hydrogens (tertiary/aromatic N) is 4. The number of likely N-dealkylation sites (tertiary alicyclic amines) is 1. The standard InChI is InChI=1S/C21H18N4O6/c26-21(13-3-6-16(7-4-13)25(27)28)24-9-1-2-15(11-24)20-23-22-19(31-20)14-5-8-17-18(10-14)30-12-29-17/h3-8,10,15H,1-2,9,11-12H2. The number of nitro benzene ring substituents is 1. The van der Waals surface area contributed by atoms with Crippen molar-refractivity contribution in [3.63, 3.8) is 0 Å². The van der Waals surface area contributed by atoms with Crippen molar-refractivity contribution in [2.45, 2.75) is 18.8 Å². The van der Waals surface area contributed by atoms with Crippen molar-refractivity contribution in [2.24, 2.45) is 0 Å². The Labute approximate surface area is 176 Å². The topological polar surface area (TPSA) is 121 Å². The second kappa shape index (κ2) is 7.71. The van der Waals surface area contributed by atoms with Crippen LogP contribution in [0.1, 0.15) is 35.0 Å². The van der Waals surface area contributed by atoms with Crippen molar-refractivity contribution in [3.05, 3.63) is 64.0 Å². The fraction of sp³-hybridized carbons (Fsp3) is 0.286. The zero-order chi connectivity index (χ0) is 21.4. The fourth-order valence-electron chi connectivity index (χ4n) is 3.82. The smallest absolute Gasteiger partial charge is 0.269 e. The molecule has 10 heteroatoms. The molecule has 3 heterocycles. The molecule has 1 fully saturated rings. The predicted octanol–water partition coefficient (Wildman–Crippen LogP) is 3.39. The molecular weight excluding hydrogens is 404 g/mol. The number of nitro groups is 1. The van der Waals surface area contributed by atoms with Gasteiger partial charge in [0.05, 0.1) is 10.8 Å². The van der Waals surface area contributed by atoms with Gasteiger partial charge in [-0.2, -0.15) is 0 Å². The summed E-state index contributed by atoms with van der Waals surface area (Å²) in [6, 6.07) is 11.1. The minimum atomic E-state index is -0.488. The Hall–Kier alpha value is -3.95. The second-order valence-corrected chi connectivity index (χ2v) is 7.41. The van der Waals surface area contributed by atoms with Gasteiger partial charge in [-0.15, -0.1) is 10.2 Å². The maximum atomic E-state index is 12.9. The molecule has 3 aromatic rings. The van der Waals surface area contributed by atoms with Crippen molar-refractivity contribution in [2.75, 3.05) is 19.9 Å². The van der Waals surface area contributed by atoms with Gasteiger partial charge in [0.25, 0.3) is 11.6 Å². The van der Waals surface area contributed by atoms with Gasteiger partial charge in [-0.05, 0) is 43.2 Å². The SMILES string of the molecule is O=C(c1ccc([N+](=O)[O-])cc1)N1CCCC(c2nnc(-c3ccc4c(c3)OCO4)o2)C1. The lowest BCUT2D eigenvalue weighted by Gasteiger charge is -2.31. The number of non-ortho nitro benzene ring substituents is 1. The lowest BCUT2D eigenvalue weighted by Crippen LogP contribution is -2.39. The lowest BCUT2D eigenvalue weighted by atomic mass is 9.97. The Bertz CT molecular complexity index is 1140. The number of hydrogen-bond donors (Lipinski definition) is 0. The molecule has 158 valence electrons. The minimum absolute atomic E-state index is 0.0463. The van der Waals surface area contributed by atoms with Crippen LogP contribution in [0.5, 0.6) is 11.5 Å². The van der Waals surface area contributed by atoms with E-state index in [-0.39, 0.29) is 24.3 Å². The molecule has 1 aromatic heterocycles. The van der Waals surface area contributed by atoms with Crippen LogP contribution in [-0.4, -0.2) is 45.8 Å². The second-order valence-electron chi connectivity index (χ2n) is 7.41. The van der Waals surface area contributed by atoms with Crippen LogP contribution in [0.3, 0.4) is 0 Å². The van der Waals surface area contributed by atoms with Crippen LogP contribution in [0.2, 0.25) is 0 Å². The molecule has 1 amide bonds. The van der Waals surface area contributed by atoms with E-state index < -0.39 is 4.92 Å². The van der Waals surface area contributed by atoms with Crippen LogP contribution in [0.4, 0.5) is 5.69 Å². The van der Waals surface area contributed by atoms with E-state index in [4.69, 9.17) is 13.9 Å². The number of hydrogen-bond acceptors (Lipinski definition) is 8. The molecule has 0 spiro atoms. The van der Waals surface area contributed by atoms with Gasteiger partial charge in [-0.1, -0.05) is 0 Å². The molecule has 31 heavy (non-hydrogen) atoms. The molecular formula is C21H18N4O6. The number of aromatic nitrogens is 2. The summed E-state index contributed by atoms with van der Waals surface area (Å²) in [4.78, 5) is 24.9. The van der Waals surface area contributed by atoms with Gasteiger partial charge in [0.1, 0.15) is 0 Å². The van der Waals surface area contributed by atoms with Crippen molar-refractivity contribution in [3.8, 4) is 23.0 Å². The highest BCUT2D eigenvalue weighted by Gasteiger charge is 2.29. The zero-order valence-corrected chi connectivity index (χ0v) is 16.4. The summed E-state index contributed by atoms with van der Waals surface area (Å²) in [5.74, 6) is 1.92. The van der Waals surface area contributed by atoms with E-state index in [0.717, 1.165) is 18.4 Å². The maximum Gasteiger partial charge on any atom is 0.269 e. The molecule has 0 N–H and O–H groups in total. The first-order chi connectivity index (χ1) is 15.1. The van der Waals surface area contributed by atoms with Gasteiger partial charge in [0.2, 0.25) is 18.6 Å². The van der Waals surface area contributed by atoms with Gasteiger partial charge >= 0.3 is 0 Å². The van der Waals surface area contributed by atoms with Gasteiger partial charge in [-0.3, -0.25) is 14.9 Å². The molecule has 10 nitrogen and oxygen atoms in total. The van der Waals surface area contributed by atoms with Gasteiger partial charge in [0, 0.05) is 36.3 Å². The van der Waals surface area contributed by atoms with E-state index in [1.54, 1.807) is 17.0 Å². The molecule has 1 atom stereocenters. The number of carbonyl (C=O) groups is 1. The Morgan fingerprint density at radius 2 is 1.90 bits per heavy atom. The quantitative estimate of drug-likeness (QED) is 0.463. The molecule has 5 rings (SSSR count). The fourth-order valence-corrected chi connectivity index (χ4v) is 3.82. The monoisotopic (exact) mass is 422 g/mol. The Morgan fingerprint density at radius 1 is 1.10 bits per heavy atom. The number of benzene rings is 2. The molecule has 1 saturated heterocycles. The van der Waals surface area contributed by atoms with E-state index >= 15 is 0 Å². The van der Waals surface area contributed by atoms with E-state index in [0.29, 0.717) is 41.9 Å². The number of ether oxygens (including phenoxy) is 2. The molecule has 1 unspecified atom stereocenters. The highest BCUT2D eigenvalue weighted by atomic mass is 16.7. The largest absolute Gasteiger partial charge is 0.454 e. The lowest BCUT2D eigenvalue weighted by molar-refractivity contribution is -0.384. The molecule has 2 aliphatic rings. The van der Waals surface area contributed by atoms with E-state index in [1.165, 1.54) is 24.3 Å². The zero-order valence-electron chi connectivity index (χ0n) is 16.4. The average molecular weight is 422 g/mol. The van der Waals surface area contributed by atoms with Crippen molar-refractivity contribution < 1.29 is 23.6 Å². The van der Waals surface area contributed by atoms with Crippen molar-refractivity contribution in [1.82, 2.24) is 15.1 Å². The van der Waals surface area contributed by atoms with E-state index in [1.807, 2.05) is 6.07 Å².